The first kappa shape index (κ1) is 15.5. The molecule has 0 bridgehead atoms. The topological polar surface area (TPSA) is 107 Å². The first-order valence-electron chi connectivity index (χ1n) is 7.59. The van der Waals surface area contributed by atoms with Crippen LogP contribution in [-0.2, 0) is 6.54 Å². The van der Waals surface area contributed by atoms with Crippen molar-refractivity contribution in [2.45, 2.75) is 6.54 Å². The lowest BCUT2D eigenvalue weighted by atomic mass is 10.1. The number of nitrogens with one attached hydrogen (secondary N) is 1. The average Bonchev–Trinajstić information content (AvgIpc) is 3.27. The van der Waals surface area contributed by atoms with Crippen molar-refractivity contribution in [3.8, 4) is 21.8 Å². The van der Waals surface area contributed by atoms with Gasteiger partial charge < -0.3 is 11.1 Å². The van der Waals surface area contributed by atoms with E-state index in [0.717, 1.165) is 32.3 Å². The maximum absolute atomic E-state index is 6.05. The van der Waals surface area contributed by atoms with Crippen LogP contribution in [0.3, 0.4) is 0 Å². The van der Waals surface area contributed by atoms with Gasteiger partial charge in [0.25, 0.3) is 0 Å². The van der Waals surface area contributed by atoms with E-state index in [9.17, 15) is 0 Å². The molecule has 3 heterocycles. The quantitative estimate of drug-likeness (QED) is 0.581. The molecule has 25 heavy (non-hydrogen) atoms. The van der Waals surface area contributed by atoms with Gasteiger partial charge in [0.05, 0.1) is 5.39 Å². The molecule has 4 aromatic rings. The van der Waals surface area contributed by atoms with Crippen molar-refractivity contribution in [2.75, 3.05) is 18.1 Å². The molecule has 0 saturated carbocycles. The molecule has 4 rings (SSSR count). The van der Waals surface area contributed by atoms with Crippen molar-refractivity contribution < 1.29 is 0 Å². The van der Waals surface area contributed by atoms with Crippen LogP contribution < -0.4 is 11.1 Å². The van der Waals surface area contributed by atoms with Crippen molar-refractivity contribution in [1.29, 1.82) is 0 Å². The number of hydrogen-bond acceptors (Lipinski definition) is 8. The van der Waals surface area contributed by atoms with Crippen molar-refractivity contribution in [1.82, 2.24) is 29.9 Å². The van der Waals surface area contributed by atoms with Gasteiger partial charge in [0, 0.05) is 24.7 Å². The number of nitrogens with zero attached hydrogens (tertiary/aromatic N) is 6. The van der Waals surface area contributed by atoms with E-state index in [4.69, 9.17) is 5.73 Å². The SMILES string of the molecule is [CH2]Cn1nc(-c2ccc(-c3nnc(NC)s3)cc2)c2c(N)ncnc21. The minimum atomic E-state index is 0.409. The first-order valence-corrected chi connectivity index (χ1v) is 8.41. The summed E-state index contributed by atoms with van der Waals surface area (Å²) in [4.78, 5) is 8.37. The lowest BCUT2D eigenvalue weighted by Crippen LogP contribution is -1.98. The molecule has 0 unspecified atom stereocenters. The van der Waals surface area contributed by atoms with E-state index in [1.165, 1.54) is 17.7 Å². The van der Waals surface area contributed by atoms with E-state index < -0.39 is 0 Å². The third-order valence-corrected chi connectivity index (χ3v) is 4.80. The molecule has 9 heteroatoms. The maximum atomic E-state index is 6.05. The predicted molar refractivity (Wildman–Crippen MR) is 99.0 cm³/mol. The van der Waals surface area contributed by atoms with E-state index in [0.29, 0.717) is 18.0 Å². The molecule has 3 aromatic heterocycles. The fourth-order valence-corrected chi connectivity index (χ4v) is 3.30. The van der Waals surface area contributed by atoms with Crippen molar-refractivity contribution >= 4 is 33.3 Å². The summed E-state index contributed by atoms with van der Waals surface area (Å²) in [5.74, 6) is 0.409. The van der Waals surface area contributed by atoms with Crippen molar-refractivity contribution in [3.05, 3.63) is 37.5 Å². The second-order valence-electron chi connectivity index (χ2n) is 5.27. The summed E-state index contributed by atoms with van der Waals surface area (Å²) in [6.07, 6.45) is 1.44. The summed E-state index contributed by atoms with van der Waals surface area (Å²) in [5, 5.41) is 18.2. The number of nitrogens with two attached hydrogens (primary N) is 1. The van der Waals surface area contributed by atoms with Gasteiger partial charge in [-0.3, -0.25) is 0 Å². The third-order valence-electron chi connectivity index (χ3n) is 3.81. The average molecular weight is 351 g/mol. The highest BCUT2D eigenvalue weighted by Gasteiger charge is 2.16. The Morgan fingerprint density at radius 3 is 2.60 bits per heavy atom. The summed E-state index contributed by atoms with van der Waals surface area (Å²) < 4.78 is 1.72. The smallest absolute Gasteiger partial charge is 0.205 e. The van der Waals surface area contributed by atoms with Crippen LogP contribution in [0.15, 0.2) is 30.6 Å². The Bertz CT molecular complexity index is 1030. The highest BCUT2D eigenvalue weighted by molar-refractivity contribution is 7.18. The summed E-state index contributed by atoms with van der Waals surface area (Å²) in [6.45, 7) is 4.35. The summed E-state index contributed by atoms with van der Waals surface area (Å²) in [6, 6.07) is 7.95. The standard InChI is InChI=1S/C16H15N8S/c1-3-24-14-11(13(17)19-8-20-14)12(23-24)9-4-6-10(7-5-9)15-21-22-16(18-2)25-15/h4-8H,1,3H2,2H3,(H,18,22)(H2,17,19,20). The summed E-state index contributed by atoms with van der Waals surface area (Å²) >= 11 is 1.50. The Morgan fingerprint density at radius 1 is 1.16 bits per heavy atom. The van der Waals surface area contributed by atoms with Crippen LogP contribution in [-0.4, -0.2) is 37.0 Å². The fraction of sp³-hybridized carbons (Fsp3) is 0.125. The minimum absolute atomic E-state index is 0.409. The molecule has 1 radical (unpaired) electrons. The van der Waals surface area contributed by atoms with Crippen LogP contribution in [0.4, 0.5) is 10.9 Å². The lowest BCUT2D eigenvalue weighted by molar-refractivity contribution is 0.719. The molecule has 0 spiro atoms. The van der Waals surface area contributed by atoms with Crippen LogP contribution >= 0.6 is 11.3 Å². The molecule has 8 nitrogen and oxygen atoms in total. The first-order chi connectivity index (χ1) is 12.2. The van der Waals surface area contributed by atoms with Gasteiger partial charge in [-0.25, -0.2) is 14.6 Å². The molecule has 125 valence electrons. The van der Waals surface area contributed by atoms with Gasteiger partial charge >= 0.3 is 0 Å². The Morgan fingerprint density at radius 2 is 1.92 bits per heavy atom. The number of anilines is 2. The van der Waals surface area contributed by atoms with Gasteiger partial charge in [-0.05, 0) is 6.92 Å². The highest BCUT2D eigenvalue weighted by atomic mass is 32.1. The van der Waals surface area contributed by atoms with E-state index >= 15 is 0 Å². The maximum Gasteiger partial charge on any atom is 0.205 e. The normalized spacial score (nSPS) is 11.1. The molecule has 0 aliphatic rings. The number of aromatic nitrogens is 6. The molecule has 0 fully saturated rings. The largest absolute Gasteiger partial charge is 0.383 e. The van der Waals surface area contributed by atoms with E-state index in [2.05, 4.69) is 37.5 Å². The molecule has 0 aliphatic heterocycles. The van der Waals surface area contributed by atoms with Gasteiger partial charge in [-0.15, -0.1) is 10.2 Å². The van der Waals surface area contributed by atoms with Gasteiger partial charge in [0.2, 0.25) is 5.13 Å². The summed E-state index contributed by atoms with van der Waals surface area (Å²) in [7, 11) is 1.82. The Balaban J connectivity index is 1.79. The van der Waals surface area contributed by atoms with Gasteiger partial charge in [-0.2, -0.15) is 5.10 Å². The van der Waals surface area contributed by atoms with Gasteiger partial charge in [0.15, 0.2) is 5.65 Å². The Kier molecular flexibility index (Phi) is 3.77. The number of nitrogen functional groups attached to an aromatic ring is 1. The molecule has 0 saturated heterocycles. The van der Waals surface area contributed by atoms with Crippen LogP contribution in [0.1, 0.15) is 0 Å². The number of fused-ring (bicyclic) bond motifs is 1. The fourth-order valence-electron chi connectivity index (χ4n) is 2.60. The summed E-state index contributed by atoms with van der Waals surface area (Å²) in [5.41, 5.74) is 9.41. The van der Waals surface area contributed by atoms with Crippen LogP contribution in [0.25, 0.3) is 32.9 Å². The van der Waals surface area contributed by atoms with E-state index in [-0.39, 0.29) is 0 Å². The Labute approximate surface area is 147 Å². The van der Waals surface area contributed by atoms with E-state index in [1.807, 2.05) is 31.3 Å². The molecule has 0 aliphatic carbocycles. The van der Waals surface area contributed by atoms with Gasteiger partial charge in [-0.1, -0.05) is 35.6 Å². The molecular formula is C16H15N8S. The minimum Gasteiger partial charge on any atom is -0.383 e. The molecule has 0 amide bonds. The van der Waals surface area contributed by atoms with Crippen LogP contribution in [0.2, 0.25) is 0 Å². The molecular weight excluding hydrogens is 336 g/mol. The molecule has 1 aromatic carbocycles. The number of benzene rings is 1. The molecule has 3 N–H and O–H groups in total. The number of rotatable bonds is 4. The third kappa shape index (κ3) is 2.58. The lowest BCUT2D eigenvalue weighted by Gasteiger charge is -2.01. The second kappa shape index (κ2) is 6.10. The van der Waals surface area contributed by atoms with Crippen molar-refractivity contribution in [2.24, 2.45) is 0 Å². The van der Waals surface area contributed by atoms with Crippen LogP contribution in [0, 0.1) is 6.92 Å². The zero-order valence-corrected chi connectivity index (χ0v) is 14.3. The Hall–Kier alpha value is -3.07. The predicted octanol–water partition coefficient (Wildman–Crippen LogP) is 2.47. The van der Waals surface area contributed by atoms with Crippen molar-refractivity contribution in [3.63, 3.8) is 0 Å². The monoisotopic (exact) mass is 351 g/mol. The van der Waals surface area contributed by atoms with E-state index in [1.54, 1.807) is 4.68 Å². The zero-order valence-electron chi connectivity index (χ0n) is 13.5. The zero-order chi connectivity index (χ0) is 17.4. The van der Waals surface area contributed by atoms with Gasteiger partial charge in [0.1, 0.15) is 22.8 Å². The van der Waals surface area contributed by atoms with Crippen LogP contribution in [0.5, 0.6) is 0 Å². The number of hydrogen-bond donors (Lipinski definition) is 2. The molecule has 0 atom stereocenters. The highest BCUT2D eigenvalue weighted by Crippen LogP contribution is 2.32. The second-order valence-corrected chi connectivity index (χ2v) is 6.25.